The third kappa shape index (κ3) is 6.23. The summed E-state index contributed by atoms with van der Waals surface area (Å²) in [5.74, 6) is -0.0452. The van der Waals surface area contributed by atoms with Crippen LogP contribution in [0, 0.1) is 25.8 Å². The number of likely N-dealkylation sites (N-methyl/N-ethyl adjacent to an activating group) is 1. The maximum Gasteiger partial charge on any atom is 0.318 e. The lowest BCUT2D eigenvalue weighted by atomic mass is 9.87. The van der Waals surface area contributed by atoms with Gasteiger partial charge in [0.15, 0.2) is 0 Å². The van der Waals surface area contributed by atoms with Crippen molar-refractivity contribution in [3.05, 3.63) is 64.6 Å². The van der Waals surface area contributed by atoms with Crippen LogP contribution in [0.25, 0.3) is 15.6 Å². The van der Waals surface area contributed by atoms with Crippen LogP contribution in [-0.2, 0) is 17.8 Å². The summed E-state index contributed by atoms with van der Waals surface area (Å²) < 4.78 is 32.9. The highest BCUT2D eigenvalue weighted by Gasteiger charge is 2.46. The second-order valence-corrected chi connectivity index (χ2v) is 12.2. The lowest BCUT2D eigenvalue weighted by Crippen LogP contribution is -2.56. The summed E-state index contributed by atoms with van der Waals surface area (Å²) in [4.78, 5) is 33.7. The van der Waals surface area contributed by atoms with E-state index in [1.54, 1.807) is 4.90 Å². The largest absolute Gasteiger partial charge is 0.462 e. The first-order valence-corrected chi connectivity index (χ1v) is 15.4. The van der Waals surface area contributed by atoms with E-state index in [4.69, 9.17) is 27.7 Å². The van der Waals surface area contributed by atoms with Crippen LogP contribution in [0.1, 0.15) is 29.7 Å². The van der Waals surface area contributed by atoms with Crippen LogP contribution >= 0.6 is 0 Å². The van der Waals surface area contributed by atoms with E-state index < -0.39 is 11.8 Å². The number of amides is 1. The Morgan fingerprint density at radius 1 is 1.18 bits per heavy atom. The van der Waals surface area contributed by atoms with Gasteiger partial charge in [0.25, 0.3) is 11.8 Å². The summed E-state index contributed by atoms with van der Waals surface area (Å²) in [7, 11) is 1.83. The van der Waals surface area contributed by atoms with Gasteiger partial charge in [0, 0.05) is 68.2 Å². The van der Waals surface area contributed by atoms with E-state index in [1.807, 2.05) is 11.9 Å². The van der Waals surface area contributed by atoms with Crippen LogP contribution in [0.3, 0.4) is 0 Å². The number of benzene rings is 2. The number of carbonyl (C=O) groups is 1. The van der Waals surface area contributed by atoms with Crippen molar-refractivity contribution in [1.82, 2.24) is 19.8 Å². The van der Waals surface area contributed by atoms with Gasteiger partial charge in [-0.2, -0.15) is 9.97 Å². The number of terminal acetylenes is 1. The molecule has 3 aromatic rings. The van der Waals surface area contributed by atoms with Crippen LogP contribution in [0.15, 0.2) is 36.4 Å². The molecule has 1 aromatic heterocycles. The summed E-state index contributed by atoms with van der Waals surface area (Å²) in [5, 5.41) is 2.40. The lowest BCUT2D eigenvalue weighted by molar-refractivity contribution is -0.127. The number of fused-ring (bicyclic) bond motifs is 2. The molecule has 0 bridgehead atoms. The molecule has 9 nitrogen and oxygen atoms in total. The third-order valence-corrected chi connectivity index (χ3v) is 9.29. The second-order valence-electron chi connectivity index (χ2n) is 12.2. The van der Waals surface area contributed by atoms with E-state index in [0.717, 1.165) is 29.3 Å². The molecular formula is C34H37F2N7O2. The molecule has 2 fully saturated rings. The van der Waals surface area contributed by atoms with E-state index in [1.165, 1.54) is 16.3 Å². The molecule has 45 heavy (non-hydrogen) atoms. The monoisotopic (exact) mass is 613 g/mol. The first kappa shape index (κ1) is 30.5. The number of aromatic nitrogens is 2. The highest BCUT2D eigenvalue weighted by Crippen LogP contribution is 2.40. The second kappa shape index (κ2) is 12.5. The average Bonchev–Trinajstić information content (AvgIpc) is 3.02. The first-order valence-electron chi connectivity index (χ1n) is 15.4. The highest BCUT2D eigenvalue weighted by molar-refractivity contribution is 5.97. The number of alkyl halides is 2. The molecule has 2 aliphatic heterocycles. The maximum atomic E-state index is 13.4. The average molecular weight is 614 g/mol. The van der Waals surface area contributed by atoms with Gasteiger partial charge in [-0.15, -0.1) is 6.42 Å². The Labute approximate surface area is 262 Å². The van der Waals surface area contributed by atoms with Crippen molar-refractivity contribution in [3.8, 4) is 18.4 Å². The van der Waals surface area contributed by atoms with Crippen LogP contribution in [-0.4, -0.2) is 96.6 Å². The Bertz CT molecular complexity index is 1670. The van der Waals surface area contributed by atoms with Crippen LogP contribution in [0.4, 0.5) is 20.3 Å². The van der Waals surface area contributed by atoms with Crippen LogP contribution < -0.4 is 14.5 Å². The van der Waals surface area contributed by atoms with Gasteiger partial charge in [-0.05, 0) is 43.3 Å². The van der Waals surface area contributed by atoms with E-state index in [-0.39, 0.29) is 44.1 Å². The zero-order valence-electron chi connectivity index (χ0n) is 25.7. The third-order valence-electron chi connectivity index (χ3n) is 9.29. The molecule has 11 heteroatoms. The molecule has 0 N–H and O–H groups in total. The normalized spacial score (nSPS) is 19.5. The quantitative estimate of drug-likeness (QED) is 0.279. The maximum absolute atomic E-state index is 13.4. The fourth-order valence-electron chi connectivity index (χ4n) is 6.75. The van der Waals surface area contributed by atoms with Gasteiger partial charge >= 0.3 is 6.01 Å². The van der Waals surface area contributed by atoms with Gasteiger partial charge in [-0.25, -0.2) is 15.4 Å². The highest BCUT2D eigenvalue weighted by atomic mass is 19.3. The molecule has 1 aliphatic carbocycles. The number of aryl methyl sites for hydroxylation is 1. The molecule has 0 radical (unpaired) electrons. The molecule has 1 atom stereocenters. The lowest BCUT2D eigenvalue weighted by Gasteiger charge is -2.41. The topological polar surface area (TPSA) is 69.4 Å². The Hall–Kier alpha value is -4.48. The van der Waals surface area contributed by atoms with Gasteiger partial charge in [0.2, 0.25) is 6.54 Å². The summed E-state index contributed by atoms with van der Waals surface area (Å²) in [5.41, 5.74) is 4.25. The molecule has 1 amide bonds. The van der Waals surface area contributed by atoms with Gasteiger partial charge in [0.05, 0.1) is 12.2 Å². The number of halogens is 2. The minimum atomic E-state index is -2.58. The zero-order chi connectivity index (χ0) is 31.7. The molecule has 2 aromatic carbocycles. The number of piperazine rings is 1. The first-order chi connectivity index (χ1) is 21.7. The van der Waals surface area contributed by atoms with Crippen molar-refractivity contribution in [2.45, 2.75) is 50.7 Å². The molecule has 3 aliphatic rings. The number of carbonyl (C=O) groups excluding carboxylic acids is 1. The van der Waals surface area contributed by atoms with Crippen molar-refractivity contribution >= 4 is 28.2 Å². The predicted molar refractivity (Wildman–Crippen MR) is 170 cm³/mol. The minimum Gasteiger partial charge on any atom is -0.462 e. The molecular weight excluding hydrogens is 576 g/mol. The predicted octanol–water partition coefficient (Wildman–Crippen LogP) is 4.18. The molecule has 1 saturated heterocycles. The standard InChI is InChI=1S/C34H37F2N7O2/c1-5-30(44)43-15-14-42(21-26(43)20-37-3)32-27-12-13-41(29-11-7-10-24-9-6-8-23(2)31(24)29)22-28(27)38-33(39-32)45-17-16-40(4)25-18-34(35,36)19-25/h1,6-11,25-26H,12-22H2,2,4H3/t26-/m0/s1. The van der Waals surface area contributed by atoms with Gasteiger partial charge in [-0.3, -0.25) is 9.69 Å². The number of hydrogen-bond acceptors (Lipinski definition) is 7. The Balaban J connectivity index is 1.28. The van der Waals surface area contributed by atoms with Crippen molar-refractivity contribution in [3.63, 3.8) is 0 Å². The van der Waals surface area contributed by atoms with E-state index in [9.17, 15) is 13.6 Å². The number of rotatable bonds is 8. The van der Waals surface area contributed by atoms with Crippen molar-refractivity contribution < 1.29 is 18.3 Å². The van der Waals surface area contributed by atoms with Crippen LogP contribution in [0.2, 0.25) is 0 Å². The summed E-state index contributed by atoms with van der Waals surface area (Å²) in [6.45, 7) is 13.1. The Morgan fingerprint density at radius 3 is 2.69 bits per heavy atom. The number of ether oxygens (including phenoxy) is 1. The van der Waals surface area contributed by atoms with Crippen molar-refractivity contribution in [1.29, 1.82) is 0 Å². The van der Waals surface area contributed by atoms with Crippen molar-refractivity contribution in [2.24, 2.45) is 0 Å². The van der Waals surface area contributed by atoms with Gasteiger partial charge in [-0.1, -0.05) is 30.3 Å². The minimum absolute atomic E-state index is 0.133. The summed E-state index contributed by atoms with van der Waals surface area (Å²) >= 11 is 0. The van der Waals surface area contributed by atoms with Gasteiger partial charge in [0.1, 0.15) is 18.5 Å². The zero-order valence-corrected chi connectivity index (χ0v) is 25.7. The van der Waals surface area contributed by atoms with Crippen LogP contribution in [0.5, 0.6) is 6.01 Å². The number of nitrogens with zero attached hydrogens (tertiary/aromatic N) is 7. The van der Waals surface area contributed by atoms with Crippen molar-refractivity contribution in [2.75, 3.05) is 62.7 Å². The van der Waals surface area contributed by atoms with E-state index >= 15 is 0 Å². The molecule has 6 rings (SSSR count). The van der Waals surface area contributed by atoms with Gasteiger partial charge < -0.3 is 24.3 Å². The molecule has 234 valence electrons. The Morgan fingerprint density at radius 2 is 1.96 bits per heavy atom. The Kier molecular flexibility index (Phi) is 8.48. The molecule has 0 spiro atoms. The summed E-state index contributed by atoms with van der Waals surface area (Å²) in [6, 6.07) is 12.4. The SMILES string of the molecule is [C-]#[N+]C[C@H]1CN(c2nc(OCCN(C)C3CC(F)(F)C3)nc3c2CCN(c2cccc4cccc(C)c24)C3)CCN1C(=O)C#C. The van der Waals surface area contributed by atoms with E-state index in [2.05, 4.69) is 63.9 Å². The fourth-order valence-corrected chi connectivity index (χ4v) is 6.75. The molecule has 0 unspecified atom stereocenters. The number of hydrogen-bond donors (Lipinski definition) is 0. The fraction of sp³-hybridized carbons (Fsp3) is 0.471. The smallest absolute Gasteiger partial charge is 0.318 e. The van der Waals surface area contributed by atoms with E-state index in [0.29, 0.717) is 39.1 Å². The molecule has 3 heterocycles. The molecule has 1 saturated carbocycles. The summed E-state index contributed by atoms with van der Waals surface area (Å²) in [6.07, 6.45) is 5.87. The number of anilines is 2.